The van der Waals surface area contributed by atoms with E-state index in [2.05, 4.69) is 4.98 Å². The van der Waals surface area contributed by atoms with Crippen molar-refractivity contribution in [2.24, 2.45) is 11.7 Å². The predicted molar refractivity (Wildman–Crippen MR) is 101 cm³/mol. The summed E-state index contributed by atoms with van der Waals surface area (Å²) in [5, 5.41) is 0.0316. The van der Waals surface area contributed by atoms with E-state index in [0.29, 0.717) is 12.8 Å². The summed E-state index contributed by atoms with van der Waals surface area (Å²) in [6.45, 7) is -0.338. The second-order valence-corrected chi connectivity index (χ2v) is 8.44. The first kappa shape index (κ1) is 22.9. The molecule has 0 bridgehead atoms. The van der Waals surface area contributed by atoms with Gasteiger partial charge in [-0.15, -0.1) is 0 Å². The van der Waals surface area contributed by atoms with E-state index >= 15 is 4.39 Å². The van der Waals surface area contributed by atoms with Gasteiger partial charge in [-0.1, -0.05) is 0 Å². The van der Waals surface area contributed by atoms with Crippen molar-refractivity contribution in [1.82, 2.24) is 14.5 Å². The number of rotatable bonds is 5. The number of fused-ring (bicyclic) bond motifs is 1. The smallest absolute Gasteiger partial charge is 0.454 e. The van der Waals surface area contributed by atoms with Crippen molar-refractivity contribution >= 4 is 11.8 Å². The molecule has 3 N–H and O–H groups in total. The van der Waals surface area contributed by atoms with Crippen LogP contribution in [-0.2, 0) is 4.74 Å². The molecule has 4 rings (SSSR count). The lowest BCUT2D eigenvalue weighted by Gasteiger charge is -2.34. The summed E-state index contributed by atoms with van der Waals surface area (Å²) < 4.78 is 87.6. The Morgan fingerprint density at radius 2 is 1.84 bits per heavy atom. The Labute approximate surface area is 177 Å². The molecule has 1 aromatic rings. The largest absolute Gasteiger partial charge is 0.497 e. The highest BCUT2D eigenvalue weighted by Gasteiger charge is 2.63. The number of aromatic nitrogens is 2. The van der Waals surface area contributed by atoms with Gasteiger partial charge in [0.1, 0.15) is 18.0 Å². The fourth-order valence-electron chi connectivity index (χ4n) is 4.62. The van der Waals surface area contributed by atoms with Crippen molar-refractivity contribution in [3.8, 4) is 0 Å². The summed E-state index contributed by atoms with van der Waals surface area (Å²) >= 11 is 0. The molecule has 2 aliphatic carbocycles. The number of halogens is 6. The number of hydrogen-bond donors (Lipinski definition) is 2. The quantitative estimate of drug-likeness (QED) is 0.593. The van der Waals surface area contributed by atoms with Gasteiger partial charge in [-0.3, -0.25) is 19.2 Å². The maximum atomic E-state index is 15.2. The summed E-state index contributed by atoms with van der Waals surface area (Å²) in [5.74, 6) is -6.38. The SMILES string of the molecule is COC1=c2c(c(=O)[nH]c(=O)n2C2CC2)=CC(F)C1N1CCC(C(N)C(F)(F)C(F)(F)F)C1. The standard InChI is InChI=1S/C19H22F6N4O3/c1-32-14-12-10(16(30)27-17(31)29(12)9-2-3-9)6-11(20)13(14)28-5-4-8(7-28)15(26)18(21,22)19(23,24)25/h6,8-9,11,13,15H,2-5,7,26H2,1H3,(H,27,30,31). The van der Waals surface area contributed by atoms with Crippen LogP contribution in [0, 0.1) is 5.92 Å². The second kappa shape index (κ2) is 7.65. The molecule has 2 heterocycles. The summed E-state index contributed by atoms with van der Waals surface area (Å²) in [6, 6.07) is -3.90. The number of nitrogens with zero attached hydrogens (tertiary/aromatic N) is 2. The lowest BCUT2D eigenvalue weighted by molar-refractivity contribution is -0.293. The van der Waals surface area contributed by atoms with Crippen molar-refractivity contribution in [1.29, 1.82) is 0 Å². The lowest BCUT2D eigenvalue weighted by Crippen LogP contribution is -2.60. The molecule has 0 spiro atoms. The molecule has 4 unspecified atom stereocenters. The summed E-state index contributed by atoms with van der Waals surface area (Å²) in [5.41, 5.74) is 3.83. The highest BCUT2D eigenvalue weighted by molar-refractivity contribution is 5.53. The van der Waals surface area contributed by atoms with Crippen LogP contribution in [0.4, 0.5) is 26.3 Å². The molecule has 178 valence electrons. The van der Waals surface area contributed by atoms with E-state index in [1.165, 1.54) is 16.6 Å². The zero-order chi connectivity index (χ0) is 23.6. The van der Waals surface area contributed by atoms with Crippen LogP contribution < -0.4 is 27.6 Å². The van der Waals surface area contributed by atoms with E-state index in [-0.39, 0.29) is 41.9 Å². The zero-order valence-corrected chi connectivity index (χ0v) is 17.0. The van der Waals surface area contributed by atoms with Crippen LogP contribution >= 0.6 is 0 Å². The minimum Gasteiger partial charge on any atom is -0.497 e. The molecule has 1 saturated carbocycles. The molecule has 1 saturated heterocycles. The Hall–Kier alpha value is -2.28. The third-order valence-electron chi connectivity index (χ3n) is 6.40. The minimum atomic E-state index is -5.80. The van der Waals surface area contributed by atoms with E-state index in [9.17, 15) is 31.5 Å². The molecular weight excluding hydrogens is 446 g/mol. The Balaban J connectivity index is 1.74. The fourth-order valence-corrected chi connectivity index (χ4v) is 4.62. The first-order valence-electron chi connectivity index (χ1n) is 10.1. The van der Waals surface area contributed by atoms with Crippen LogP contribution in [-0.4, -0.2) is 65.0 Å². The van der Waals surface area contributed by atoms with Gasteiger partial charge in [-0.2, -0.15) is 22.0 Å². The Morgan fingerprint density at radius 1 is 1.19 bits per heavy atom. The molecule has 0 radical (unpaired) electrons. The molecule has 32 heavy (non-hydrogen) atoms. The van der Waals surface area contributed by atoms with Gasteiger partial charge < -0.3 is 10.5 Å². The van der Waals surface area contributed by atoms with Gasteiger partial charge in [-0.25, -0.2) is 9.18 Å². The van der Waals surface area contributed by atoms with E-state index in [1.54, 1.807) is 0 Å². The van der Waals surface area contributed by atoms with Gasteiger partial charge in [0.25, 0.3) is 5.56 Å². The van der Waals surface area contributed by atoms with Gasteiger partial charge in [0.2, 0.25) is 0 Å². The van der Waals surface area contributed by atoms with Crippen LogP contribution in [0.5, 0.6) is 0 Å². The Bertz CT molecular complexity index is 1140. The van der Waals surface area contributed by atoms with E-state index < -0.39 is 47.5 Å². The van der Waals surface area contributed by atoms with E-state index in [4.69, 9.17) is 10.5 Å². The first-order valence-corrected chi connectivity index (χ1v) is 10.1. The molecule has 4 atom stereocenters. The number of ether oxygens (including phenoxy) is 1. The molecule has 0 aromatic carbocycles. The summed E-state index contributed by atoms with van der Waals surface area (Å²) in [6.07, 6.45) is -5.35. The number of alkyl halides is 6. The van der Waals surface area contributed by atoms with Crippen LogP contribution in [0.2, 0.25) is 0 Å². The first-order chi connectivity index (χ1) is 14.9. The molecule has 3 aliphatic rings. The topological polar surface area (TPSA) is 93.3 Å². The van der Waals surface area contributed by atoms with Crippen molar-refractivity contribution < 1.29 is 31.1 Å². The maximum Gasteiger partial charge on any atom is 0.454 e. The van der Waals surface area contributed by atoms with Gasteiger partial charge in [-0.05, 0) is 37.8 Å². The van der Waals surface area contributed by atoms with Crippen LogP contribution in [0.25, 0.3) is 11.8 Å². The third kappa shape index (κ3) is 3.54. The number of hydrogen-bond acceptors (Lipinski definition) is 5. The van der Waals surface area contributed by atoms with Crippen LogP contribution in [0.3, 0.4) is 0 Å². The molecule has 2 fully saturated rings. The van der Waals surface area contributed by atoms with Crippen molar-refractivity contribution in [2.45, 2.75) is 55.7 Å². The highest BCUT2D eigenvalue weighted by Crippen LogP contribution is 2.42. The van der Waals surface area contributed by atoms with Gasteiger partial charge in [0.15, 0.2) is 0 Å². The number of nitrogens with one attached hydrogen (secondary N) is 1. The van der Waals surface area contributed by atoms with E-state index in [0.717, 1.165) is 6.08 Å². The number of nitrogens with two attached hydrogens (primary N) is 1. The fraction of sp³-hybridized carbons (Fsp3) is 0.684. The number of likely N-dealkylation sites (tertiary alicyclic amines) is 1. The number of H-pyrrole nitrogens is 1. The number of methoxy groups -OCH3 is 1. The number of aromatic amines is 1. The normalized spacial score (nSPS) is 27.8. The van der Waals surface area contributed by atoms with Gasteiger partial charge in [0.05, 0.1) is 23.7 Å². The molecule has 1 aromatic heterocycles. The van der Waals surface area contributed by atoms with Crippen LogP contribution in [0.15, 0.2) is 9.59 Å². The predicted octanol–water partition coefficient (Wildman–Crippen LogP) is -0.0263. The summed E-state index contributed by atoms with van der Waals surface area (Å²) in [4.78, 5) is 28.3. The molecule has 1 aliphatic heterocycles. The molecular formula is C19H22F6N4O3. The van der Waals surface area contributed by atoms with E-state index in [1.807, 2.05) is 0 Å². The average molecular weight is 468 g/mol. The van der Waals surface area contributed by atoms with Gasteiger partial charge in [0, 0.05) is 12.6 Å². The lowest BCUT2D eigenvalue weighted by atomic mass is 9.93. The zero-order valence-electron chi connectivity index (χ0n) is 17.0. The molecule has 13 heteroatoms. The molecule has 7 nitrogen and oxygen atoms in total. The highest BCUT2D eigenvalue weighted by atomic mass is 19.4. The van der Waals surface area contributed by atoms with Crippen molar-refractivity contribution in [2.75, 3.05) is 20.2 Å². The summed E-state index contributed by atoms with van der Waals surface area (Å²) in [7, 11) is 1.23. The monoisotopic (exact) mass is 468 g/mol. The minimum absolute atomic E-state index is 0.00965. The average Bonchev–Trinajstić information content (AvgIpc) is 3.42. The third-order valence-corrected chi connectivity index (χ3v) is 6.40. The van der Waals surface area contributed by atoms with Crippen molar-refractivity contribution in [3.05, 3.63) is 31.4 Å². The van der Waals surface area contributed by atoms with Gasteiger partial charge >= 0.3 is 17.8 Å². The Kier molecular flexibility index (Phi) is 5.47. The Morgan fingerprint density at radius 3 is 2.41 bits per heavy atom. The van der Waals surface area contributed by atoms with Crippen molar-refractivity contribution in [3.63, 3.8) is 0 Å². The second-order valence-electron chi connectivity index (χ2n) is 8.44. The molecule has 0 amide bonds. The maximum absolute atomic E-state index is 15.2. The van der Waals surface area contributed by atoms with Crippen LogP contribution in [0.1, 0.15) is 25.3 Å².